The van der Waals surface area contributed by atoms with Crippen molar-refractivity contribution in [2.45, 2.75) is 26.3 Å². The van der Waals surface area contributed by atoms with Crippen molar-refractivity contribution in [3.8, 4) is 0 Å². The Hall–Kier alpha value is -1.96. The van der Waals surface area contributed by atoms with Gasteiger partial charge in [-0.05, 0) is 23.3 Å². The molecular weight excluding hydrogens is 252 g/mol. The summed E-state index contributed by atoms with van der Waals surface area (Å²) in [6, 6.07) is 0. The second kappa shape index (κ2) is 7.47. The number of amides is 1. The van der Waals surface area contributed by atoms with E-state index in [0.29, 0.717) is 26.1 Å². The molecule has 1 rings (SSSR count). The van der Waals surface area contributed by atoms with Crippen molar-refractivity contribution in [3.63, 3.8) is 0 Å². The normalized spacial score (nSPS) is 10.4. The summed E-state index contributed by atoms with van der Waals surface area (Å²) in [6.07, 6.45) is 3.45. The summed E-state index contributed by atoms with van der Waals surface area (Å²) in [5.74, 6) is -0.257. The Morgan fingerprint density at radius 2 is 2.37 bits per heavy atom. The first-order valence-corrected chi connectivity index (χ1v) is 6.13. The Kier molecular flexibility index (Phi) is 5.94. The van der Waals surface area contributed by atoms with E-state index in [4.69, 9.17) is 5.11 Å². The number of aliphatic hydroxyl groups is 1. The summed E-state index contributed by atoms with van der Waals surface area (Å²) >= 11 is 0. The van der Waals surface area contributed by atoms with Gasteiger partial charge in [-0.15, -0.1) is 0 Å². The maximum Gasteiger partial charge on any atom is 0.381 e. The molecule has 0 saturated heterocycles. The Bertz CT molecular complexity index is 432. The Morgan fingerprint density at radius 1 is 1.63 bits per heavy atom. The highest BCUT2D eigenvalue weighted by Gasteiger charge is 2.13. The number of nitro groups is 1. The lowest BCUT2D eigenvalue weighted by molar-refractivity contribution is -0.389. The van der Waals surface area contributed by atoms with E-state index in [-0.39, 0.29) is 24.8 Å². The van der Waals surface area contributed by atoms with Gasteiger partial charge in [0.15, 0.2) is 0 Å². The van der Waals surface area contributed by atoms with E-state index in [1.165, 1.54) is 17.1 Å². The van der Waals surface area contributed by atoms with Crippen molar-refractivity contribution in [1.29, 1.82) is 0 Å². The van der Waals surface area contributed by atoms with Gasteiger partial charge in [0.05, 0.1) is 0 Å². The molecule has 0 atom stereocenters. The lowest BCUT2D eigenvalue weighted by Crippen LogP contribution is -2.32. The molecule has 0 fully saturated rings. The lowest BCUT2D eigenvalue weighted by atomic mass is 10.3. The highest BCUT2D eigenvalue weighted by atomic mass is 16.6. The molecule has 19 heavy (non-hydrogen) atoms. The van der Waals surface area contributed by atoms with Crippen LogP contribution in [0.3, 0.4) is 0 Å². The Balaban J connectivity index is 2.45. The van der Waals surface area contributed by atoms with Gasteiger partial charge in [0.2, 0.25) is 12.2 Å². The summed E-state index contributed by atoms with van der Waals surface area (Å²) in [4.78, 5) is 27.0. The van der Waals surface area contributed by atoms with E-state index in [1.54, 1.807) is 4.90 Å². The van der Waals surface area contributed by atoms with E-state index < -0.39 is 4.92 Å². The van der Waals surface area contributed by atoms with Gasteiger partial charge in [0.25, 0.3) is 0 Å². The molecule has 1 aromatic rings. The highest BCUT2D eigenvalue weighted by Crippen LogP contribution is 2.07. The van der Waals surface area contributed by atoms with Crippen LogP contribution in [0, 0.1) is 10.1 Å². The van der Waals surface area contributed by atoms with Gasteiger partial charge in [0.1, 0.15) is 6.20 Å². The molecule has 0 unspecified atom stereocenters. The van der Waals surface area contributed by atoms with Gasteiger partial charge in [-0.3, -0.25) is 4.79 Å². The summed E-state index contributed by atoms with van der Waals surface area (Å²) < 4.78 is 1.52. The molecule has 0 saturated carbocycles. The summed E-state index contributed by atoms with van der Waals surface area (Å²) in [7, 11) is 0. The van der Waals surface area contributed by atoms with Crippen molar-refractivity contribution < 1.29 is 14.8 Å². The molecule has 0 aliphatic rings. The third kappa shape index (κ3) is 4.66. The van der Waals surface area contributed by atoms with Gasteiger partial charge in [-0.2, -0.15) is 0 Å². The minimum Gasteiger partial charge on any atom is -0.396 e. The highest BCUT2D eigenvalue weighted by molar-refractivity contribution is 5.76. The first kappa shape index (κ1) is 15.1. The van der Waals surface area contributed by atoms with E-state index in [9.17, 15) is 14.9 Å². The molecule has 8 heteroatoms. The zero-order valence-electron chi connectivity index (χ0n) is 10.9. The van der Waals surface area contributed by atoms with E-state index in [2.05, 4.69) is 4.98 Å². The van der Waals surface area contributed by atoms with Gasteiger partial charge in [0, 0.05) is 32.7 Å². The minimum atomic E-state index is -0.572. The zero-order valence-corrected chi connectivity index (χ0v) is 10.9. The van der Waals surface area contributed by atoms with E-state index in [1.807, 2.05) is 6.92 Å². The molecule has 0 radical (unpaired) electrons. The number of aliphatic hydroxyl groups excluding tert-OH is 1. The molecule has 1 N–H and O–H groups in total. The molecular formula is C11H18N4O4. The lowest BCUT2D eigenvalue weighted by Gasteiger charge is -2.20. The number of rotatable bonds is 8. The summed E-state index contributed by atoms with van der Waals surface area (Å²) in [5.41, 5.74) is 0. The standard InChI is InChI=1S/C11H18N4O4/c1-2-14(5-3-7-16)11(17)4-6-13-8-10(12-9-13)15(18)19/h8-9,16H,2-7H2,1H3. The monoisotopic (exact) mass is 270 g/mol. The number of nitrogens with zero attached hydrogens (tertiary/aromatic N) is 4. The van der Waals surface area contributed by atoms with Crippen molar-refractivity contribution in [2.75, 3.05) is 19.7 Å². The van der Waals surface area contributed by atoms with Crippen LogP contribution < -0.4 is 0 Å². The molecule has 106 valence electrons. The molecule has 0 aliphatic heterocycles. The Morgan fingerprint density at radius 3 is 2.89 bits per heavy atom. The topological polar surface area (TPSA) is 102 Å². The van der Waals surface area contributed by atoms with Gasteiger partial charge in [-0.25, -0.2) is 0 Å². The van der Waals surface area contributed by atoms with Crippen LogP contribution in [-0.2, 0) is 11.3 Å². The molecule has 0 aliphatic carbocycles. The van der Waals surface area contributed by atoms with Crippen LogP contribution in [0.15, 0.2) is 12.5 Å². The molecule has 0 aromatic carbocycles. The zero-order chi connectivity index (χ0) is 14.3. The molecule has 1 amide bonds. The number of carbonyl (C=O) groups is 1. The van der Waals surface area contributed by atoms with Crippen LogP contribution in [0.25, 0.3) is 0 Å². The van der Waals surface area contributed by atoms with Crippen LogP contribution >= 0.6 is 0 Å². The molecule has 1 aromatic heterocycles. The third-order valence-corrected chi connectivity index (χ3v) is 2.71. The van der Waals surface area contributed by atoms with Crippen LogP contribution in [0.1, 0.15) is 19.8 Å². The number of carbonyl (C=O) groups excluding carboxylic acids is 1. The van der Waals surface area contributed by atoms with E-state index >= 15 is 0 Å². The fourth-order valence-electron chi connectivity index (χ4n) is 1.67. The average Bonchev–Trinajstić information content (AvgIpc) is 2.86. The molecule has 8 nitrogen and oxygen atoms in total. The van der Waals surface area contributed by atoms with Crippen LogP contribution in [0.5, 0.6) is 0 Å². The van der Waals surface area contributed by atoms with Gasteiger partial charge in [-0.1, -0.05) is 0 Å². The Labute approximate surface area is 110 Å². The number of aryl methyl sites for hydroxylation is 1. The third-order valence-electron chi connectivity index (χ3n) is 2.71. The van der Waals surface area contributed by atoms with Crippen LogP contribution in [0.4, 0.5) is 5.82 Å². The SMILES string of the molecule is CCN(CCCO)C(=O)CCn1cnc([N+](=O)[O-])c1. The maximum absolute atomic E-state index is 11.9. The van der Waals surface area contributed by atoms with Crippen molar-refractivity contribution in [3.05, 3.63) is 22.6 Å². The number of imidazole rings is 1. The molecule has 1 heterocycles. The molecule has 0 bridgehead atoms. The number of aromatic nitrogens is 2. The van der Waals surface area contributed by atoms with Crippen molar-refractivity contribution in [2.24, 2.45) is 0 Å². The first-order valence-electron chi connectivity index (χ1n) is 6.13. The van der Waals surface area contributed by atoms with Crippen LogP contribution in [-0.4, -0.2) is 50.1 Å². The largest absolute Gasteiger partial charge is 0.396 e. The average molecular weight is 270 g/mol. The van der Waals surface area contributed by atoms with Gasteiger partial charge < -0.3 is 24.7 Å². The second-order valence-electron chi connectivity index (χ2n) is 4.03. The van der Waals surface area contributed by atoms with E-state index in [0.717, 1.165) is 0 Å². The summed E-state index contributed by atoms with van der Waals surface area (Å²) in [5, 5.41) is 19.2. The number of hydrogen-bond donors (Lipinski definition) is 1. The quantitative estimate of drug-likeness (QED) is 0.544. The fourth-order valence-corrected chi connectivity index (χ4v) is 1.67. The smallest absolute Gasteiger partial charge is 0.381 e. The minimum absolute atomic E-state index is 0.0349. The first-order chi connectivity index (χ1) is 9.08. The fraction of sp³-hybridized carbons (Fsp3) is 0.636. The number of hydrogen-bond acceptors (Lipinski definition) is 5. The summed E-state index contributed by atoms with van der Waals surface area (Å²) in [6.45, 7) is 3.39. The predicted molar refractivity (Wildman–Crippen MR) is 67.5 cm³/mol. The maximum atomic E-state index is 11.9. The van der Waals surface area contributed by atoms with Crippen molar-refractivity contribution >= 4 is 11.7 Å². The predicted octanol–water partition coefficient (Wildman–Crippen LogP) is 0.412. The molecule has 0 spiro atoms. The van der Waals surface area contributed by atoms with Gasteiger partial charge >= 0.3 is 5.82 Å². The van der Waals surface area contributed by atoms with Crippen molar-refractivity contribution in [1.82, 2.24) is 14.5 Å². The van der Waals surface area contributed by atoms with Crippen LogP contribution in [0.2, 0.25) is 0 Å². The second-order valence-corrected chi connectivity index (χ2v) is 4.03.